The number of anilines is 3. The average Bonchev–Trinajstić information content (AvgIpc) is 3.61. The molecule has 9 nitrogen and oxygen atoms in total. The van der Waals surface area contributed by atoms with Crippen LogP contribution in [0.25, 0.3) is 0 Å². The quantitative estimate of drug-likeness (QED) is 0.386. The number of carbonyl (C=O) groups excluding carboxylic acids is 2. The van der Waals surface area contributed by atoms with Crippen molar-refractivity contribution in [2.24, 2.45) is 5.92 Å². The molecule has 3 aromatic rings. The summed E-state index contributed by atoms with van der Waals surface area (Å²) >= 11 is 0. The van der Waals surface area contributed by atoms with Crippen LogP contribution in [0.3, 0.4) is 0 Å². The third kappa shape index (κ3) is 7.10. The van der Waals surface area contributed by atoms with E-state index in [2.05, 4.69) is 30.7 Å². The van der Waals surface area contributed by atoms with Crippen LogP contribution in [0.1, 0.15) is 25.3 Å². The number of alkyl halides is 2. The van der Waals surface area contributed by atoms with Crippen molar-refractivity contribution in [2.75, 3.05) is 16.0 Å². The lowest BCUT2D eigenvalue weighted by molar-refractivity contribution is -0.158. The zero-order valence-electron chi connectivity index (χ0n) is 19.0. The molecule has 1 heterocycles. The summed E-state index contributed by atoms with van der Waals surface area (Å²) < 4.78 is 36.4. The molecule has 3 N–H and O–H groups in total. The van der Waals surface area contributed by atoms with Gasteiger partial charge < -0.3 is 25.4 Å². The number of hydrogen-bond donors (Lipinski definition) is 3. The summed E-state index contributed by atoms with van der Waals surface area (Å²) in [6.45, 7) is 2.41. The minimum Gasteiger partial charge on any atom is -0.439 e. The van der Waals surface area contributed by atoms with E-state index in [0.29, 0.717) is 29.7 Å². The molecule has 0 radical (unpaired) electrons. The number of aryl methyl sites for hydroxylation is 1. The normalized spacial score (nSPS) is 13.0. The van der Waals surface area contributed by atoms with Crippen LogP contribution in [0.15, 0.2) is 54.9 Å². The number of aromatic nitrogens is 2. The minimum absolute atomic E-state index is 0.0487. The highest BCUT2D eigenvalue weighted by Crippen LogP contribution is 2.31. The standard InChI is InChI=1S/C24H23F2N5O4/c1-14-10-17(34-21-12-20(27-13-28-21)31-22(32)15-6-7-15)8-9-19(14)30-23(33)29-16-4-3-5-18(11-16)35-24(2,25)26/h3-5,8-13,15H,6-7H2,1-2H3,(H2,29,30,33)(H,27,28,31,32). The summed E-state index contributed by atoms with van der Waals surface area (Å²) in [5, 5.41) is 8.01. The van der Waals surface area contributed by atoms with Gasteiger partial charge in [0.25, 0.3) is 0 Å². The summed E-state index contributed by atoms with van der Waals surface area (Å²) in [5.74, 6) is 0.985. The molecule has 1 fully saturated rings. The maximum absolute atomic E-state index is 13.0. The summed E-state index contributed by atoms with van der Waals surface area (Å²) in [6, 6.07) is 11.7. The van der Waals surface area contributed by atoms with Gasteiger partial charge in [-0.3, -0.25) is 4.79 Å². The highest BCUT2D eigenvalue weighted by atomic mass is 19.3. The fourth-order valence-corrected chi connectivity index (χ4v) is 3.13. The predicted molar refractivity (Wildman–Crippen MR) is 125 cm³/mol. The van der Waals surface area contributed by atoms with Crippen molar-refractivity contribution in [1.29, 1.82) is 0 Å². The molecule has 2 aromatic carbocycles. The molecule has 4 rings (SSSR count). The summed E-state index contributed by atoms with van der Waals surface area (Å²) in [4.78, 5) is 32.4. The van der Waals surface area contributed by atoms with Gasteiger partial charge in [0.2, 0.25) is 11.8 Å². The molecule has 1 aliphatic rings. The SMILES string of the molecule is Cc1cc(Oc2cc(NC(=O)C3CC3)ncn2)ccc1NC(=O)Nc1cccc(OC(C)(F)F)c1. The van der Waals surface area contributed by atoms with E-state index in [9.17, 15) is 18.4 Å². The highest BCUT2D eigenvalue weighted by molar-refractivity contribution is 6.00. The van der Waals surface area contributed by atoms with E-state index in [4.69, 9.17) is 4.74 Å². The number of hydrogen-bond acceptors (Lipinski definition) is 6. The average molecular weight is 483 g/mol. The van der Waals surface area contributed by atoms with Crippen LogP contribution in [0.2, 0.25) is 0 Å². The molecule has 0 atom stereocenters. The van der Waals surface area contributed by atoms with Gasteiger partial charge in [0.15, 0.2) is 0 Å². The van der Waals surface area contributed by atoms with Crippen molar-refractivity contribution < 1.29 is 27.8 Å². The topological polar surface area (TPSA) is 114 Å². The smallest absolute Gasteiger partial charge is 0.394 e. The number of nitrogens with zero attached hydrogens (tertiary/aromatic N) is 2. The van der Waals surface area contributed by atoms with Gasteiger partial charge in [-0.25, -0.2) is 14.8 Å². The number of halogens is 2. The molecular formula is C24H23F2N5O4. The monoisotopic (exact) mass is 483 g/mol. The lowest BCUT2D eigenvalue weighted by atomic mass is 10.2. The Hall–Kier alpha value is -4.28. The summed E-state index contributed by atoms with van der Waals surface area (Å²) in [7, 11) is 0. The Balaban J connectivity index is 1.36. The second-order valence-electron chi connectivity index (χ2n) is 8.10. The summed E-state index contributed by atoms with van der Waals surface area (Å²) in [6.07, 6.45) is -0.264. The fraction of sp³-hybridized carbons (Fsp3) is 0.250. The van der Waals surface area contributed by atoms with Gasteiger partial charge in [-0.1, -0.05) is 6.07 Å². The minimum atomic E-state index is -3.33. The molecule has 182 valence electrons. The Morgan fingerprint density at radius 3 is 2.51 bits per heavy atom. The van der Waals surface area contributed by atoms with E-state index in [1.807, 2.05) is 0 Å². The van der Waals surface area contributed by atoms with Crippen molar-refractivity contribution in [2.45, 2.75) is 32.8 Å². The Morgan fingerprint density at radius 2 is 1.80 bits per heavy atom. The number of benzene rings is 2. The van der Waals surface area contributed by atoms with Crippen LogP contribution in [0.4, 0.5) is 30.8 Å². The van der Waals surface area contributed by atoms with Gasteiger partial charge in [-0.15, -0.1) is 0 Å². The van der Waals surface area contributed by atoms with Gasteiger partial charge in [0.1, 0.15) is 23.6 Å². The van der Waals surface area contributed by atoms with Gasteiger partial charge in [-0.05, 0) is 55.7 Å². The van der Waals surface area contributed by atoms with Crippen LogP contribution >= 0.6 is 0 Å². The van der Waals surface area contributed by atoms with Gasteiger partial charge >= 0.3 is 12.1 Å². The Bertz CT molecular complexity index is 1240. The highest BCUT2D eigenvalue weighted by Gasteiger charge is 2.29. The van der Waals surface area contributed by atoms with Crippen LogP contribution in [0, 0.1) is 12.8 Å². The van der Waals surface area contributed by atoms with Crippen molar-refractivity contribution >= 4 is 29.1 Å². The molecular weight excluding hydrogens is 460 g/mol. The number of amides is 3. The van der Waals surface area contributed by atoms with E-state index in [0.717, 1.165) is 12.8 Å². The molecule has 3 amide bonds. The van der Waals surface area contributed by atoms with E-state index in [1.54, 1.807) is 31.2 Å². The lowest BCUT2D eigenvalue weighted by Gasteiger charge is -2.15. The molecule has 35 heavy (non-hydrogen) atoms. The second-order valence-corrected chi connectivity index (χ2v) is 8.10. The largest absolute Gasteiger partial charge is 0.439 e. The molecule has 0 spiro atoms. The molecule has 0 saturated heterocycles. The predicted octanol–water partition coefficient (Wildman–Crippen LogP) is 5.56. The van der Waals surface area contributed by atoms with Gasteiger partial charge in [0.05, 0.1) is 0 Å². The number of ether oxygens (including phenoxy) is 2. The first-order valence-electron chi connectivity index (χ1n) is 10.8. The fourth-order valence-electron chi connectivity index (χ4n) is 3.13. The van der Waals surface area contributed by atoms with Crippen molar-refractivity contribution in [3.05, 3.63) is 60.4 Å². The van der Waals surface area contributed by atoms with E-state index in [-0.39, 0.29) is 29.1 Å². The third-order valence-corrected chi connectivity index (χ3v) is 4.90. The van der Waals surface area contributed by atoms with Crippen LogP contribution < -0.4 is 25.4 Å². The van der Waals surface area contributed by atoms with E-state index in [1.165, 1.54) is 30.6 Å². The van der Waals surface area contributed by atoms with Gasteiger partial charge in [-0.2, -0.15) is 8.78 Å². The Kier molecular flexibility index (Phi) is 6.76. The first-order valence-corrected chi connectivity index (χ1v) is 10.8. The summed E-state index contributed by atoms with van der Waals surface area (Å²) in [5.41, 5.74) is 1.51. The van der Waals surface area contributed by atoms with Crippen molar-refractivity contribution in [3.63, 3.8) is 0 Å². The van der Waals surface area contributed by atoms with E-state index < -0.39 is 12.1 Å². The maximum Gasteiger partial charge on any atom is 0.394 e. The maximum atomic E-state index is 13.0. The number of nitrogens with one attached hydrogen (secondary N) is 3. The number of urea groups is 1. The number of carbonyl (C=O) groups is 2. The molecule has 1 saturated carbocycles. The van der Waals surface area contributed by atoms with Gasteiger partial charge in [0, 0.05) is 36.3 Å². The first-order chi connectivity index (χ1) is 16.6. The Morgan fingerprint density at radius 1 is 1.00 bits per heavy atom. The van der Waals surface area contributed by atoms with Crippen LogP contribution in [-0.2, 0) is 4.79 Å². The molecule has 0 unspecified atom stereocenters. The molecule has 11 heteroatoms. The molecule has 0 bridgehead atoms. The third-order valence-electron chi connectivity index (χ3n) is 4.90. The van der Waals surface area contributed by atoms with Crippen LogP contribution in [-0.4, -0.2) is 28.0 Å². The number of rotatable bonds is 8. The Labute approximate surface area is 199 Å². The second kappa shape index (κ2) is 9.92. The zero-order valence-corrected chi connectivity index (χ0v) is 19.0. The van der Waals surface area contributed by atoms with Crippen LogP contribution in [0.5, 0.6) is 17.4 Å². The lowest BCUT2D eigenvalue weighted by Crippen LogP contribution is -2.21. The molecule has 1 aliphatic carbocycles. The first kappa shape index (κ1) is 23.9. The van der Waals surface area contributed by atoms with Crippen molar-refractivity contribution in [3.8, 4) is 17.4 Å². The van der Waals surface area contributed by atoms with Crippen molar-refractivity contribution in [1.82, 2.24) is 9.97 Å². The molecule has 1 aromatic heterocycles. The van der Waals surface area contributed by atoms with E-state index >= 15 is 0 Å². The zero-order chi connectivity index (χ0) is 25.0. The molecule has 0 aliphatic heterocycles.